The van der Waals surface area contributed by atoms with Crippen molar-refractivity contribution in [2.24, 2.45) is 0 Å². The van der Waals surface area contributed by atoms with Gasteiger partial charge >= 0.3 is 0 Å². The minimum atomic E-state index is -0.511. The number of nitrogens with zero attached hydrogens (tertiary/aromatic N) is 5. The molecular weight excluding hydrogens is 440 g/mol. The molecule has 1 aromatic heterocycles. The molecule has 2 heterocycles. The summed E-state index contributed by atoms with van der Waals surface area (Å²) in [6.45, 7) is 4.21. The molecule has 4 rings (SSSR count). The first-order chi connectivity index (χ1) is 16.0. The van der Waals surface area contributed by atoms with Crippen LogP contribution in [0, 0.1) is 10.1 Å². The molecule has 1 aliphatic heterocycles. The molecule has 0 bridgehead atoms. The number of rotatable bonds is 8. The number of benzene rings is 2. The second kappa shape index (κ2) is 10.6. The number of likely N-dealkylation sites (tertiary alicyclic amines) is 1. The number of nitro benzene ring substituents is 1. The number of aromatic nitrogens is 3. The predicted molar refractivity (Wildman–Crippen MR) is 128 cm³/mol. The Balaban J connectivity index is 1.53. The molecule has 1 N–H and O–H groups in total. The summed E-state index contributed by atoms with van der Waals surface area (Å²) in [6, 6.07) is 16.0. The molecular formula is C23H26N6O3S. The van der Waals surface area contributed by atoms with Gasteiger partial charge in [0.05, 0.1) is 16.7 Å². The number of anilines is 1. The van der Waals surface area contributed by atoms with Crippen molar-refractivity contribution in [3.05, 3.63) is 70.5 Å². The smallest absolute Gasteiger partial charge is 0.292 e. The summed E-state index contributed by atoms with van der Waals surface area (Å²) in [7, 11) is 0. The van der Waals surface area contributed by atoms with E-state index < -0.39 is 4.92 Å². The van der Waals surface area contributed by atoms with E-state index in [0.717, 1.165) is 24.6 Å². The van der Waals surface area contributed by atoms with Crippen LogP contribution in [0.3, 0.4) is 0 Å². The van der Waals surface area contributed by atoms with Crippen LogP contribution < -0.4 is 5.32 Å². The Kier molecular flexibility index (Phi) is 7.36. The Hall–Kier alpha value is -3.24. The first-order valence-corrected chi connectivity index (χ1v) is 11.9. The first-order valence-electron chi connectivity index (χ1n) is 11.0. The van der Waals surface area contributed by atoms with Crippen LogP contribution in [0.4, 0.5) is 11.4 Å². The van der Waals surface area contributed by atoms with E-state index >= 15 is 0 Å². The Morgan fingerprint density at radius 2 is 1.79 bits per heavy atom. The minimum Gasteiger partial charge on any atom is -0.320 e. The van der Waals surface area contributed by atoms with Crippen LogP contribution in [0.15, 0.2) is 59.8 Å². The van der Waals surface area contributed by atoms with Gasteiger partial charge in [-0.05, 0) is 51.1 Å². The van der Waals surface area contributed by atoms with E-state index in [-0.39, 0.29) is 29.1 Å². The number of para-hydroxylation sites is 3. The van der Waals surface area contributed by atoms with Crippen molar-refractivity contribution in [3.8, 4) is 5.69 Å². The molecule has 1 atom stereocenters. The number of hydrogen-bond donors (Lipinski definition) is 1. The summed E-state index contributed by atoms with van der Waals surface area (Å²) in [4.78, 5) is 25.7. The lowest BCUT2D eigenvalue weighted by atomic mass is 10.1. The molecule has 1 saturated heterocycles. The van der Waals surface area contributed by atoms with Crippen molar-refractivity contribution in [2.45, 2.75) is 37.4 Å². The highest BCUT2D eigenvalue weighted by molar-refractivity contribution is 7.99. The van der Waals surface area contributed by atoms with Gasteiger partial charge < -0.3 is 5.32 Å². The zero-order chi connectivity index (χ0) is 23.2. The van der Waals surface area contributed by atoms with E-state index in [1.165, 1.54) is 43.2 Å². The van der Waals surface area contributed by atoms with E-state index in [9.17, 15) is 14.9 Å². The zero-order valence-corrected chi connectivity index (χ0v) is 19.2. The number of piperidine rings is 1. The third-order valence-corrected chi connectivity index (χ3v) is 6.62. The van der Waals surface area contributed by atoms with Gasteiger partial charge in [0.15, 0.2) is 11.0 Å². The van der Waals surface area contributed by atoms with E-state index in [2.05, 4.69) is 27.3 Å². The molecule has 1 amide bonds. The van der Waals surface area contributed by atoms with Gasteiger partial charge in [-0.25, -0.2) is 0 Å². The number of carbonyl (C=O) groups is 1. The number of thioether (sulfide) groups is 1. The van der Waals surface area contributed by atoms with Gasteiger partial charge in [-0.2, -0.15) is 0 Å². The Bertz CT molecular complexity index is 1110. The fraction of sp³-hybridized carbons (Fsp3) is 0.348. The molecule has 0 spiro atoms. The zero-order valence-electron chi connectivity index (χ0n) is 18.4. The van der Waals surface area contributed by atoms with Crippen LogP contribution in [0.25, 0.3) is 5.69 Å². The Labute approximate surface area is 196 Å². The van der Waals surface area contributed by atoms with Gasteiger partial charge in [0.1, 0.15) is 5.69 Å². The standard InChI is InChI=1S/C23H26N6O3S/c1-17(27-14-8-3-9-15-27)22-25-26-23(28(22)18-10-4-2-5-11-18)33-16-21(30)24-19-12-6-7-13-20(19)29(31)32/h2,4-7,10-13,17H,3,8-9,14-16H2,1H3,(H,24,30). The normalized spacial score (nSPS) is 15.2. The number of nitrogens with one attached hydrogen (secondary N) is 1. The van der Waals surface area contributed by atoms with Gasteiger partial charge in [-0.1, -0.05) is 48.5 Å². The van der Waals surface area contributed by atoms with Gasteiger partial charge in [0, 0.05) is 11.8 Å². The average molecular weight is 467 g/mol. The minimum absolute atomic E-state index is 0.0507. The Morgan fingerprint density at radius 1 is 1.09 bits per heavy atom. The largest absolute Gasteiger partial charge is 0.320 e. The summed E-state index contributed by atoms with van der Waals surface area (Å²) in [6.07, 6.45) is 3.61. The summed E-state index contributed by atoms with van der Waals surface area (Å²) in [5.74, 6) is 0.544. The molecule has 33 heavy (non-hydrogen) atoms. The second-order valence-corrected chi connectivity index (χ2v) is 8.84. The van der Waals surface area contributed by atoms with Gasteiger partial charge in [0.25, 0.3) is 5.69 Å². The number of nitro groups is 1. The highest BCUT2D eigenvalue weighted by Crippen LogP contribution is 2.30. The fourth-order valence-corrected chi connectivity index (χ4v) is 4.75. The van der Waals surface area contributed by atoms with Crippen LogP contribution >= 0.6 is 11.8 Å². The molecule has 0 saturated carbocycles. The lowest BCUT2D eigenvalue weighted by Gasteiger charge is -2.31. The maximum Gasteiger partial charge on any atom is 0.292 e. The van der Waals surface area contributed by atoms with E-state index in [1.54, 1.807) is 12.1 Å². The van der Waals surface area contributed by atoms with Gasteiger partial charge in [0.2, 0.25) is 5.91 Å². The molecule has 0 radical (unpaired) electrons. The highest BCUT2D eigenvalue weighted by Gasteiger charge is 2.26. The summed E-state index contributed by atoms with van der Waals surface area (Å²) < 4.78 is 2.00. The van der Waals surface area contributed by atoms with E-state index in [1.807, 2.05) is 34.9 Å². The van der Waals surface area contributed by atoms with Crippen molar-refractivity contribution >= 4 is 29.0 Å². The van der Waals surface area contributed by atoms with Crippen LogP contribution in [-0.4, -0.2) is 49.3 Å². The van der Waals surface area contributed by atoms with Crippen molar-refractivity contribution < 1.29 is 9.72 Å². The highest BCUT2D eigenvalue weighted by atomic mass is 32.2. The van der Waals surface area contributed by atoms with E-state index in [4.69, 9.17) is 0 Å². The molecule has 10 heteroatoms. The number of hydrogen-bond acceptors (Lipinski definition) is 7. The second-order valence-electron chi connectivity index (χ2n) is 7.90. The molecule has 1 fully saturated rings. The predicted octanol–water partition coefficient (Wildman–Crippen LogP) is 4.45. The first kappa shape index (κ1) is 22.9. The van der Waals surface area contributed by atoms with Crippen LogP contribution in [0.2, 0.25) is 0 Å². The number of carbonyl (C=O) groups excluding carboxylic acids is 1. The lowest BCUT2D eigenvalue weighted by molar-refractivity contribution is -0.383. The van der Waals surface area contributed by atoms with Crippen molar-refractivity contribution in [1.82, 2.24) is 19.7 Å². The summed E-state index contributed by atoms with van der Waals surface area (Å²) in [5.41, 5.74) is 0.973. The summed E-state index contributed by atoms with van der Waals surface area (Å²) in [5, 5.41) is 23.3. The monoisotopic (exact) mass is 466 g/mol. The van der Waals surface area contributed by atoms with Crippen molar-refractivity contribution in [3.63, 3.8) is 0 Å². The molecule has 0 aliphatic carbocycles. The van der Waals surface area contributed by atoms with Crippen LogP contribution in [-0.2, 0) is 4.79 Å². The molecule has 9 nitrogen and oxygen atoms in total. The number of amides is 1. The quantitative estimate of drug-likeness (QED) is 0.297. The topological polar surface area (TPSA) is 106 Å². The lowest BCUT2D eigenvalue weighted by Crippen LogP contribution is -2.33. The Morgan fingerprint density at radius 3 is 2.52 bits per heavy atom. The molecule has 1 unspecified atom stereocenters. The third-order valence-electron chi connectivity index (χ3n) is 5.69. The molecule has 2 aromatic carbocycles. The van der Waals surface area contributed by atoms with Gasteiger partial charge in [-0.15, -0.1) is 10.2 Å². The third kappa shape index (κ3) is 5.40. The summed E-state index contributed by atoms with van der Waals surface area (Å²) >= 11 is 1.26. The fourth-order valence-electron chi connectivity index (χ4n) is 3.99. The maximum atomic E-state index is 12.6. The molecule has 172 valence electrons. The SMILES string of the molecule is CC(c1nnc(SCC(=O)Nc2ccccc2[N+](=O)[O-])n1-c1ccccc1)N1CCCCC1. The van der Waals surface area contributed by atoms with Crippen LogP contribution in [0.5, 0.6) is 0 Å². The van der Waals surface area contributed by atoms with Crippen molar-refractivity contribution in [1.29, 1.82) is 0 Å². The molecule has 1 aliphatic rings. The van der Waals surface area contributed by atoms with Gasteiger partial charge in [-0.3, -0.25) is 24.4 Å². The average Bonchev–Trinajstić information content (AvgIpc) is 3.27. The van der Waals surface area contributed by atoms with Crippen LogP contribution in [0.1, 0.15) is 38.1 Å². The van der Waals surface area contributed by atoms with Crippen molar-refractivity contribution in [2.75, 3.05) is 24.2 Å². The molecule has 3 aromatic rings. The maximum absolute atomic E-state index is 12.6. The van der Waals surface area contributed by atoms with E-state index in [0.29, 0.717) is 5.16 Å².